The first kappa shape index (κ1) is 18.4. The van der Waals surface area contributed by atoms with Crippen LogP contribution in [0.2, 0.25) is 5.02 Å². The Kier molecular flexibility index (Phi) is 5.00. The van der Waals surface area contributed by atoms with Crippen LogP contribution < -0.4 is 9.64 Å². The van der Waals surface area contributed by atoms with Crippen LogP contribution in [0.1, 0.15) is 25.2 Å². The smallest absolute Gasteiger partial charge is 0.232 e. The second-order valence-electron chi connectivity index (χ2n) is 6.42. The van der Waals surface area contributed by atoms with Crippen molar-refractivity contribution in [1.29, 1.82) is 0 Å². The average molecular weight is 402 g/mol. The molecule has 3 aromatic rings. The van der Waals surface area contributed by atoms with Crippen molar-refractivity contribution in [3.8, 4) is 17.1 Å². The van der Waals surface area contributed by atoms with Gasteiger partial charge in [0.25, 0.3) is 0 Å². The maximum Gasteiger partial charge on any atom is 0.232 e. The van der Waals surface area contributed by atoms with Crippen molar-refractivity contribution in [2.75, 3.05) is 18.1 Å². The second-order valence-corrected chi connectivity index (χ2v) is 6.83. The molecule has 144 valence electrons. The minimum atomic E-state index is -0.451. The lowest BCUT2D eigenvalue weighted by Crippen LogP contribution is -2.24. The molecule has 1 aliphatic heterocycles. The quantitative estimate of drug-likeness (QED) is 0.631. The Hall–Kier alpha value is -2.93. The number of hydrogen-bond acceptors (Lipinski definition) is 5. The third-order valence-electron chi connectivity index (χ3n) is 4.52. The zero-order chi connectivity index (χ0) is 19.7. The molecule has 8 heteroatoms. The van der Waals surface area contributed by atoms with Crippen LogP contribution in [0.3, 0.4) is 0 Å². The summed E-state index contributed by atoms with van der Waals surface area (Å²) in [6, 6.07) is 11.4. The summed E-state index contributed by atoms with van der Waals surface area (Å²) in [5, 5.41) is 4.23. The van der Waals surface area contributed by atoms with E-state index in [1.54, 1.807) is 0 Å². The van der Waals surface area contributed by atoms with E-state index >= 15 is 0 Å². The van der Waals surface area contributed by atoms with Gasteiger partial charge in [0, 0.05) is 18.5 Å². The van der Waals surface area contributed by atoms with Gasteiger partial charge in [-0.15, -0.1) is 0 Å². The standard InChI is InChI=1S/C20H17ClFN3O3/c1-2-27-15-5-3-4-12(8-15)19-23-20(28-24-19)13-9-18(26)25(11-13)17-7-6-14(22)10-16(17)21/h3-8,10,13H,2,9,11H2,1H3. The molecule has 1 unspecified atom stereocenters. The van der Waals surface area contributed by atoms with E-state index < -0.39 is 5.82 Å². The number of aromatic nitrogens is 2. The van der Waals surface area contributed by atoms with Crippen molar-refractivity contribution < 1.29 is 18.4 Å². The molecular weight excluding hydrogens is 385 g/mol. The lowest BCUT2D eigenvalue weighted by molar-refractivity contribution is -0.117. The molecule has 0 spiro atoms. The highest BCUT2D eigenvalue weighted by Gasteiger charge is 2.36. The van der Waals surface area contributed by atoms with E-state index in [2.05, 4.69) is 10.1 Å². The van der Waals surface area contributed by atoms with Crippen LogP contribution in [-0.4, -0.2) is 29.2 Å². The van der Waals surface area contributed by atoms with E-state index in [1.165, 1.54) is 23.1 Å². The third kappa shape index (κ3) is 3.57. The lowest BCUT2D eigenvalue weighted by atomic mass is 10.1. The Balaban J connectivity index is 1.55. The first-order valence-electron chi connectivity index (χ1n) is 8.87. The number of benzene rings is 2. The Morgan fingerprint density at radius 2 is 2.18 bits per heavy atom. The van der Waals surface area contributed by atoms with Crippen LogP contribution in [0, 0.1) is 5.82 Å². The molecule has 1 aliphatic rings. The molecule has 1 fully saturated rings. The SMILES string of the molecule is CCOc1cccc(-c2noc(C3CC(=O)N(c4ccc(F)cc4Cl)C3)n2)c1. The summed E-state index contributed by atoms with van der Waals surface area (Å²) < 4.78 is 24.2. The fourth-order valence-electron chi connectivity index (χ4n) is 3.22. The average Bonchev–Trinajstić information content (AvgIpc) is 3.30. The highest BCUT2D eigenvalue weighted by atomic mass is 35.5. The molecule has 0 bridgehead atoms. The molecule has 4 rings (SSSR count). The first-order chi connectivity index (χ1) is 13.5. The predicted molar refractivity (Wildman–Crippen MR) is 102 cm³/mol. The largest absolute Gasteiger partial charge is 0.494 e. The molecule has 1 atom stereocenters. The number of hydrogen-bond donors (Lipinski definition) is 0. The van der Waals surface area contributed by atoms with Gasteiger partial charge in [0.1, 0.15) is 11.6 Å². The Labute approximate surface area is 165 Å². The van der Waals surface area contributed by atoms with Crippen molar-refractivity contribution >= 4 is 23.2 Å². The van der Waals surface area contributed by atoms with Gasteiger partial charge in [-0.3, -0.25) is 4.79 Å². The molecule has 1 saturated heterocycles. The van der Waals surface area contributed by atoms with Gasteiger partial charge in [-0.1, -0.05) is 28.9 Å². The van der Waals surface area contributed by atoms with E-state index in [1.807, 2.05) is 31.2 Å². The minimum Gasteiger partial charge on any atom is -0.494 e. The zero-order valence-electron chi connectivity index (χ0n) is 15.1. The van der Waals surface area contributed by atoms with Gasteiger partial charge in [-0.25, -0.2) is 4.39 Å². The second kappa shape index (κ2) is 7.59. The number of ether oxygens (including phenoxy) is 1. The summed E-state index contributed by atoms with van der Waals surface area (Å²) in [6.45, 7) is 2.81. The number of amides is 1. The van der Waals surface area contributed by atoms with Crippen LogP contribution >= 0.6 is 11.6 Å². The molecule has 0 aliphatic carbocycles. The summed E-state index contributed by atoms with van der Waals surface area (Å²) in [6.07, 6.45) is 0.217. The highest BCUT2D eigenvalue weighted by molar-refractivity contribution is 6.33. The number of nitrogens with zero attached hydrogens (tertiary/aromatic N) is 3. The molecule has 0 saturated carbocycles. The minimum absolute atomic E-state index is 0.128. The summed E-state index contributed by atoms with van der Waals surface area (Å²) >= 11 is 6.10. The number of carbonyl (C=O) groups excluding carboxylic acids is 1. The summed E-state index contributed by atoms with van der Waals surface area (Å²) in [7, 11) is 0. The van der Waals surface area contributed by atoms with Crippen LogP contribution in [0.25, 0.3) is 11.4 Å². The van der Waals surface area contributed by atoms with Crippen molar-refractivity contribution in [2.45, 2.75) is 19.3 Å². The van der Waals surface area contributed by atoms with Crippen LogP contribution in [0.5, 0.6) is 5.75 Å². The first-order valence-corrected chi connectivity index (χ1v) is 9.25. The molecule has 28 heavy (non-hydrogen) atoms. The fraction of sp³-hybridized carbons (Fsp3) is 0.250. The maximum atomic E-state index is 13.3. The van der Waals surface area contributed by atoms with Crippen molar-refractivity contribution in [3.63, 3.8) is 0 Å². The van der Waals surface area contributed by atoms with Gasteiger partial charge < -0.3 is 14.2 Å². The molecule has 2 heterocycles. The fourth-order valence-corrected chi connectivity index (χ4v) is 3.49. The maximum absolute atomic E-state index is 13.3. The van der Waals surface area contributed by atoms with E-state index in [9.17, 15) is 9.18 Å². The van der Waals surface area contributed by atoms with Gasteiger partial charge in [0.15, 0.2) is 0 Å². The Bertz CT molecular complexity index is 1020. The number of anilines is 1. The van der Waals surface area contributed by atoms with E-state index in [4.69, 9.17) is 20.9 Å². The van der Waals surface area contributed by atoms with Crippen molar-refractivity contribution in [1.82, 2.24) is 10.1 Å². The number of carbonyl (C=O) groups is 1. The van der Waals surface area contributed by atoms with Crippen LogP contribution in [0.4, 0.5) is 10.1 Å². The number of halogens is 2. The molecule has 1 aromatic heterocycles. The highest BCUT2D eigenvalue weighted by Crippen LogP contribution is 2.35. The molecule has 0 N–H and O–H groups in total. The topological polar surface area (TPSA) is 68.5 Å². The van der Waals surface area contributed by atoms with Crippen LogP contribution in [-0.2, 0) is 4.79 Å². The zero-order valence-corrected chi connectivity index (χ0v) is 15.8. The van der Waals surface area contributed by atoms with Gasteiger partial charge in [0.05, 0.1) is 23.2 Å². The normalized spacial score (nSPS) is 16.6. The summed E-state index contributed by atoms with van der Waals surface area (Å²) in [5.74, 6) is 0.696. The summed E-state index contributed by atoms with van der Waals surface area (Å²) in [4.78, 5) is 18.4. The molecule has 6 nitrogen and oxygen atoms in total. The van der Waals surface area contributed by atoms with Gasteiger partial charge in [-0.05, 0) is 37.3 Å². The van der Waals surface area contributed by atoms with Gasteiger partial charge in [-0.2, -0.15) is 4.98 Å². The Morgan fingerprint density at radius 3 is 2.96 bits per heavy atom. The Morgan fingerprint density at radius 1 is 1.32 bits per heavy atom. The number of rotatable bonds is 5. The predicted octanol–water partition coefficient (Wildman–Crippen LogP) is 4.45. The van der Waals surface area contributed by atoms with E-state index in [0.29, 0.717) is 30.6 Å². The lowest BCUT2D eigenvalue weighted by Gasteiger charge is -2.17. The van der Waals surface area contributed by atoms with Crippen molar-refractivity contribution in [2.24, 2.45) is 0 Å². The van der Waals surface area contributed by atoms with Crippen LogP contribution in [0.15, 0.2) is 47.0 Å². The third-order valence-corrected chi connectivity index (χ3v) is 4.82. The molecule has 1 amide bonds. The van der Waals surface area contributed by atoms with E-state index in [0.717, 1.165) is 11.3 Å². The van der Waals surface area contributed by atoms with Crippen molar-refractivity contribution in [3.05, 3.63) is 59.2 Å². The summed E-state index contributed by atoms with van der Waals surface area (Å²) in [5.41, 5.74) is 1.24. The van der Waals surface area contributed by atoms with Gasteiger partial charge in [0.2, 0.25) is 17.6 Å². The van der Waals surface area contributed by atoms with Gasteiger partial charge >= 0.3 is 0 Å². The van der Waals surface area contributed by atoms with E-state index in [-0.39, 0.29) is 23.3 Å². The molecule has 0 radical (unpaired) electrons. The monoisotopic (exact) mass is 401 g/mol. The molecule has 2 aromatic carbocycles. The molecular formula is C20H17ClFN3O3.